The average molecular weight is 194 g/mol. The fraction of sp³-hybridized carbons (Fsp3) is 0.222. The summed E-state index contributed by atoms with van der Waals surface area (Å²) in [6, 6.07) is 0. The van der Waals surface area contributed by atoms with Crippen molar-refractivity contribution in [1.82, 2.24) is 0 Å². The molecule has 2 N–H and O–H groups in total. The van der Waals surface area contributed by atoms with Crippen molar-refractivity contribution < 1.29 is 14.0 Å². The first-order chi connectivity index (χ1) is 6.74. The smallest absolute Gasteiger partial charge is 0.224 e. The van der Waals surface area contributed by atoms with Crippen LogP contribution in [0.15, 0.2) is 9.41 Å². The first-order valence-corrected chi connectivity index (χ1v) is 4.00. The fourth-order valence-electron chi connectivity index (χ4n) is 1.20. The Morgan fingerprint density at radius 1 is 1.50 bits per heavy atom. The standard InChI is InChI=1S/C9H10N2O3/c1-6-8(4-13)7(2-3-12)9(14-6)11-5-10/h3-5H,2H2,1H3,(H2,10,11). The predicted octanol–water partition coefficient (Wildman–Crippen LogP) is 0.760. The van der Waals surface area contributed by atoms with Crippen LogP contribution < -0.4 is 5.73 Å². The van der Waals surface area contributed by atoms with Crippen LogP contribution in [0.5, 0.6) is 0 Å². The van der Waals surface area contributed by atoms with Crippen LogP contribution in [-0.2, 0) is 11.2 Å². The number of carbonyl (C=O) groups excluding carboxylic acids is 2. The van der Waals surface area contributed by atoms with Gasteiger partial charge in [-0.2, -0.15) is 0 Å². The van der Waals surface area contributed by atoms with Crippen LogP contribution in [0.3, 0.4) is 0 Å². The van der Waals surface area contributed by atoms with Gasteiger partial charge in [-0.15, -0.1) is 0 Å². The quantitative estimate of drug-likeness (QED) is 0.435. The molecule has 0 aromatic carbocycles. The van der Waals surface area contributed by atoms with E-state index in [-0.39, 0.29) is 12.3 Å². The summed E-state index contributed by atoms with van der Waals surface area (Å²) < 4.78 is 5.16. The van der Waals surface area contributed by atoms with E-state index in [4.69, 9.17) is 10.2 Å². The Bertz CT molecular complexity index is 380. The number of nitrogens with zero attached hydrogens (tertiary/aromatic N) is 1. The molecule has 0 radical (unpaired) electrons. The van der Waals surface area contributed by atoms with E-state index in [1.165, 1.54) is 0 Å². The van der Waals surface area contributed by atoms with Crippen molar-refractivity contribution in [2.75, 3.05) is 0 Å². The third-order valence-electron chi connectivity index (χ3n) is 1.81. The van der Waals surface area contributed by atoms with Crippen molar-refractivity contribution in [1.29, 1.82) is 0 Å². The molecule has 74 valence electrons. The second kappa shape index (κ2) is 4.36. The first kappa shape index (κ1) is 10.2. The lowest BCUT2D eigenvalue weighted by molar-refractivity contribution is -0.107. The molecule has 0 bridgehead atoms. The first-order valence-electron chi connectivity index (χ1n) is 4.00. The van der Waals surface area contributed by atoms with Gasteiger partial charge in [-0.25, -0.2) is 4.99 Å². The number of aliphatic imine (C=N–C) groups is 1. The maximum atomic E-state index is 10.7. The van der Waals surface area contributed by atoms with Gasteiger partial charge in [0.1, 0.15) is 12.0 Å². The van der Waals surface area contributed by atoms with E-state index in [0.29, 0.717) is 29.5 Å². The molecule has 0 saturated carbocycles. The minimum atomic E-state index is 0.0953. The highest BCUT2D eigenvalue weighted by atomic mass is 16.4. The Kier molecular flexibility index (Phi) is 3.17. The molecule has 0 aliphatic heterocycles. The van der Waals surface area contributed by atoms with E-state index in [1.807, 2.05) is 0 Å². The topological polar surface area (TPSA) is 85.7 Å². The number of carbonyl (C=O) groups is 2. The lowest BCUT2D eigenvalue weighted by Crippen LogP contribution is -1.92. The summed E-state index contributed by atoms with van der Waals surface area (Å²) in [6.45, 7) is 1.63. The summed E-state index contributed by atoms with van der Waals surface area (Å²) in [6.07, 6.45) is 2.49. The Labute approximate surface area is 80.6 Å². The number of hydrogen-bond donors (Lipinski definition) is 1. The van der Waals surface area contributed by atoms with Crippen molar-refractivity contribution in [3.8, 4) is 0 Å². The van der Waals surface area contributed by atoms with Crippen LogP contribution in [0.25, 0.3) is 0 Å². The highest BCUT2D eigenvalue weighted by Crippen LogP contribution is 2.27. The molecule has 0 saturated heterocycles. The average Bonchev–Trinajstić information content (AvgIpc) is 2.44. The normalized spacial score (nSPS) is 10.6. The third kappa shape index (κ3) is 1.71. The van der Waals surface area contributed by atoms with E-state index in [2.05, 4.69) is 4.99 Å². The third-order valence-corrected chi connectivity index (χ3v) is 1.81. The molecule has 0 amide bonds. The number of rotatable bonds is 4. The Morgan fingerprint density at radius 2 is 2.21 bits per heavy atom. The monoisotopic (exact) mass is 194 g/mol. The Morgan fingerprint density at radius 3 is 2.71 bits per heavy atom. The number of furan rings is 1. The van der Waals surface area contributed by atoms with Crippen LogP contribution in [0, 0.1) is 6.92 Å². The molecule has 14 heavy (non-hydrogen) atoms. The highest BCUT2D eigenvalue weighted by molar-refractivity contribution is 5.83. The van der Waals surface area contributed by atoms with Crippen molar-refractivity contribution in [3.05, 3.63) is 16.9 Å². The maximum absolute atomic E-state index is 10.7. The molecule has 1 heterocycles. The molecule has 0 aliphatic carbocycles. The van der Waals surface area contributed by atoms with Gasteiger partial charge in [0.2, 0.25) is 5.88 Å². The minimum absolute atomic E-state index is 0.0953. The molecule has 1 aromatic heterocycles. The van der Waals surface area contributed by atoms with Gasteiger partial charge >= 0.3 is 0 Å². The van der Waals surface area contributed by atoms with Gasteiger partial charge in [-0.05, 0) is 6.92 Å². The predicted molar refractivity (Wildman–Crippen MR) is 50.9 cm³/mol. The fourth-order valence-corrected chi connectivity index (χ4v) is 1.20. The summed E-state index contributed by atoms with van der Waals surface area (Å²) in [4.78, 5) is 24.8. The van der Waals surface area contributed by atoms with Crippen molar-refractivity contribution in [2.24, 2.45) is 10.7 Å². The van der Waals surface area contributed by atoms with Gasteiger partial charge < -0.3 is 14.9 Å². The SMILES string of the molecule is Cc1oc(/N=C\N)c(CC=O)c1C=O. The van der Waals surface area contributed by atoms with Gasteiger partial charge in [-0.3, -0.25) is 4.79 Å². The molecule has 1 rings (SSSR count). The van der Waals surface area contributed by atoms with E-state index in [1.54, 1.807) is 6.92 Å². The van der Waals surface area contributed by atoms with Gasteiger partial charge in [0.15, 0.2) is 6.29 Å². The summed E-state index contributed by atoms with van der Waals surface area (Å²) in [5, 5.41) is 0. The molecule has 5 heteroatoms. The van der Waals surface area contributed by atoms with Crippen LogP contribution in [0.2, 0.25) is 0 Å². The summed E-state index contributed by atoms with van der Waals surface area (Å²) >= 11 is 0. The Balaban J connectivity index is 3.28. The molecule has 0 fully saturated rings. The Hall–Kier alpha value is -1.91. The van der Waals surface area contributed by atoms with Crippen LogP contribution in [0.1, 0.15) is 21.7 Å². The molecule has 0 spiro atoms. The zero-order valence-corrected chi connectivity index (χ0v) is 7.69. The zero-order chi connectivity index (χ0) is 10.6. The van der Waals surface area contributed by atoms with Crippen molar-refractivity contribution >= 4 is 24.8 Å². The molecule has 0 aliphatic rings. The van der Waals surface area contributed by atoms with Crippen molar-refractivity contribution in [3.63, 3.8) is 0 Å². The van der Waals surface area contributed by atoms with Crippen LogP contribution >= 0.6 is 0 Å². The van der Waals surface area contributed by atoms with Gasteiger partial charge in [0, 0.05) is 12.0 Å². The number of nitrogens with two attached hydrogens (primary N) is 1. The van der Waals surface area contributed by atoms with Gasteiger partial charge in [-0.1, -0.05) is 0 Å². The molecular weight excluding hydrogens is 184 g/mol. The van der Waals surface area contributed by atoms with Crippen LogP contribution in [0.4, 0.5) is 5.88 Å². The minimum Gasteiger partial charge on any atom is -0.443 e. The second-order valence-corrected chi connectivity index (χ2v) is 2.62. The number of aldehydes is 2. The van der Waals surface area contributed by atoms with Crippen LogP contribution in [-0.4, -0.2) is 18.9 Å². The van der Waals surface area contributed by atoms with E-state index in [9.17, 15) is 9.59 Å². The summed E-state index contributed by atoms with van der Waals surface area (Å²) in [5.74, 6) is 0.664. The maximum Gasteiger partial charge on any atom is 0.224 e. The number of hydrogen-bond acceptors (Lipinski definition) is 4. The molecule has 0 unspecified atom stereocenters. The van der Waals surface area contributed by atoms with Crippen molar-refractivity contribution in [2.45, 2.75) is 13.3 Å². The lowest BCUT2D eigenvalue weighted by atomic mass is 10.1. The van der Waals surface area contributed by atoms with Gasteiger partial charge in [0.05, 0.1) is 11.9 Å². The van der Waals surface area contributed by atoms with Gasteiger partial charge in [0.25, 0.3) is 0 Å². The van der Waals surface area contributed by atoms with E-state index in [0.717, 1.165) is 6.34 Å². The molecule has 5 nitrogen and oxygen atoms in total. The zero-order valence-electron chi connectivity index (χ0n) is 7.69. The second-order valence-electron chi connectivity index (χ2n) is 2.62. The molecular formula is C9H10N2O3. The molecule has 1 aromatic rings. The summed E-state index contributed by atoms with van der Waals surface area (Å²) in [5.41, 5.74) is 5.95. The lowest BCUT2D eigenvalue weighted by Gasteiger charge is -1.91. The summed E-state index contributed by atoms with van der Waals surface area (Å²) in [7, 11) is 0. The van der Waals surface area contributed by atoms with E-state index < -0.39 is 0 Å². The number of aryl methyl sites for hydroxylation is 1. The molecule has 0 atom stereocenters. The highest BCUT2D eigenvalue weighted by Gasteiger charge is 2.15. The van der Waals surface area contributed by atoms with E-state index >= 15 is 0 Å². The largest absolute Gasteiger partial charge is 0.443 e.